The highest BCUT2D eigenvalue weighted by molar-refractivity contribution is 6.32. The first-order chi connectivity index (χ1) is 15.2. The van der Waals surface area contributed by atoms with Crippen LogP contribution in [-0.4, -0.2) is 11.8 Å². The van der Waals surface area contributed by atoms with E-state index in [0.717, 1.165) is 11.1 Å². The van der Waals surface area contributed by atoms with Crippen molar-refractivity contribution in [3.8, 4) is 17.6 Å². The van der Waals surface area contributed by atoms with Gasteiger partial charge < -0.3 is 9.47 Å². The molecule has 3 aromatic carbocycles. The molecule has 32 heavy (non-hydrogen) atoms. The molecule has 0 saturated carbocycles. The molecule has 3 aromatic rings. The van der Waals surface area contributed by atoms with E-state index in [0.29, 0.717) is 5.56 Å². The predicted octanol–water partition coefficient (Wildman–Crippen LogP) is 6.98. The summed E-state index contributed by atoms with van der Waals surface area (Å²) in [6, 6.07) is 14.7. The molecule has 0 bridgehead atoms. The van der Waals surface area contributed by atoms with E-state index in [-0.39, 0.29) is 50.9 Å². The highest BCUT2D eigenvalue weighted by Gasteiger charge is 2.19. The molecule has 0 aliphatic heterocycles. The Kier molecular flexibility index (Phi) is 7.14. The molecular weight excluding hydrogens is 452 g/mol. The lowest BCUT2D eigenvalue weighted by Gasteiger charge is -2.14. The molecule has 0 radical (unpaired) electrons. The molecule has 162 valence electrons. The summed E-state index contributed by atoms with van der Waals surface area (Å²) in [6.07, 6.45) is -0.217. The monoisotopic (exact) mass is 469 g/mol. The van der Waals surface area contributed by atoms with E-state index in [9.17, 15) is 0 Å². The van der Waals surface area contributed by atoms with Gasteiger partial charge in [0, 0.05) is 16.1 Å². The fraction of sp³-hybridized carbons (Fsp3) is 0.125. The van der Waals surface area contributed by atoms with Crippen molar-refractivity contribution in [1.29, 1.82) is 16.1 Å². The smallest absolute Gasteiger partial charge is 0.221 e. The number of hydrogen-bond donors (Lipinski definition) is 2. The van der Waals surface area contributed by atoms with Crippen LogP contribution in [0.15, 0.2) is 48.5 Å². The zero-order chi connectivity index (χ0) is 23.4. The molecule has 0 amide bonds. The van der Waals surface area contributed by atoms with Crippen LogP contribution in [0.4, 0.5) is 4.39 Å². The lowest BCUT2D eigenvalue weighted by atomic mass is 10.0. The summed E-state index contributed by atoms with van der Waals surface area (Å²) in [5.41, 5.74) is 2.63. The van der Waals surface area contributed by atoms with Gasteiger partial charge in [-0.3, -0.25) is 10.8 Å². The Balaban J connectivity index is 1.81. The Hall–Kier alpha value is -3.40. The summed E-state index contributed by atoms with van der Waals surface area (Å²) in [5, 5.41) is 25.7. The third-order valence-corrected chi connectivity index (χ3v) is 5.15. The van der Waals surface area contributed by atoms with Crippen LogP contribution in [0.3, 0.4) is 0 Å². The minimum atomic E-state index is -0.775. The van der Waals surface area contributed by atoms with Gasteiger partial charge in [0.05, 0.1) is 23.1 Å². The Labute approximate surface area is 194 Å². The fourth-order valence-electron chi connectivity index (χ4n) is 3.16. The minimum absolute atomic E-state index is 0.0143. The van der Waals surface area contributed by atoms with Crippen molar-refractivity contribution in [2.24, 2.45) is 0 Å². The van der Waals surface area contributed by atoms with Crippen LogP contribution in [0, 0.1) is 41.8 Å². The standard InChI is InChI=1S/C24H18Cl2FN3O2/c1-13-4-3-5-14(2)21(13)24(30)32-20(29)10-16-6-7-19(26)23(22(16)27)31-18-9-15(12-28)8-17(25)11-18/h3-9,11,29-30H,10H2,1-2H3. The van der Waals surface area contributed by atoms with Crippen LogP contribution < -0.4 is 4.74 Å². The van der Waals surface area contributed by atoms with E-state index in [1.165, 1.54) is 30.3 Å². The summed E-state index contributed by atoms with van der Waals surface area (Å²) in [6.45, 7) is 3.69. The maximum Gasteiger partial charge on any atom is 0.221 e. The Bertz CT molecular complexity index is 1250. The number of hydrogen-bond acceptors (Lipinski definition) is 5. The molecule has 0 aromatic heterocycles. The van der Waals surface area contributed by atoms with Crippen LogP contribution in [-0.2, 0) is 11.2 Å². The molecule has 0 fully saturated rings. The van der Waals surface area contributed by atoms with Gasteiger partial charge in [0.1, 0.15) is 5.75 Å². The normalized spacial score (nSPS) is 10.4. The first-order valence-corrected chi connectivity index (χ1v) is 10.2. The Morgan fingerprint density at radius 1 is 1.06 bits per heavy atom. The van der Waals surface area contributed by atoms with Gasteiger partial charge in [-0.1, -0.05) is 47.5 Å². The summed E-state index contributed by atoms with van der Waals surface area (Å²) in [4.78, 5) is 0. The third-order valence-electron chi connectivity index (χ3n) is 4.63. The van der Waals surface area contributed by atoms with Crippen LogP contribution in [0.2, 0.25) is 10.0 Å². The second-order valence-electron chi connectivity index (χ2n) is 7.04. The van der Waals surface area contributed by atoms with Crippen molar-refractivity contribution >= 4 is 35.0 Å². The maximum atomic E-state index is 15.1. The molecule has 0 aliphatic carbocycles. The average molecular weight is 470 g/mol. The zero-order valence-corrected chi connectivity index (χ0v) is 18.7. The Morgan fingerprint density at radius 3 is 2.41 bits per heavy atom. The van der Waals surface area contributed by atoms with Crippen LogP contribution in [0.25, 0.3) is 0 Å². The minimum Gasteiger partial charge on any atom is -0.453 e. The molecule has 0 spiro atoms. The van der Waals surface area contributed by atoms with Gasteiger partial charge in [0.2, 0.25) is 5.90 Å². The first kappa shape index (κ1) is 23.3. The van der Waals surface area contributed by atoms with Crippen molar-refractivity contribution < 1.29 is 13.9 Å². The topological polar surface area (TPSA) is 89.9 Å². The maximum absolute atomic E-state index is 15.1. The SMILES string of the molecule is Cc1cccc(C)c1C(=N)OC(=N)Cc1ccc(Cl)c(Oc2cc(Cl)cc(C#N)c2)c1F. The predicted molar refractivity (Wildman–Crippen MR) is 123 cm³/mol. The lowest BCUT2D eigenvalue weighted by Crippen LogP contribution is -2.16. The number of rotatable bonds is 5. The second kappa shape index (κ2) is 9.82. The Morgan fingerprint density at radius 2 is 1.75 bits per heavy atom. The molecule has 2 N–H and O–H groups in total. The molecule has 0 aliphatic rings. The molecule has 3 rings (SSSR count). The quantitative estimate of drug-likeness (QED) is 0.312. The molecule has 0 atom stereocenters. The van der Waals surface area contributed by atoms with Gasteiger partial charge in [0.25, 0.3) is 0 Å². The number of nitrogens with zero attached hydrogens (tertiary/aromatic N) is 1. The van der Waals surface area contributed by atoms with E-state index in [1.54, 1.807) is 0 Å². The van der Waals surface area contributed by atoms with Gasteiger partial charge in [-0.15, -0.1) is 0 Å². The van der Waals surface area contributed by atoms with E-state index < -0.39 is 5.82 Å². The van der Waals surface area contributed by atoms with Crippen molar-refractivity contribution in [2.75, 3.05) is 0 Å². The lowest BCUT2D eigenvalue weighted by molar-refractivity contribution is 0.438. The highest BCUT2D eigenvalue weighted by Crippen LogP contribution is 2.35. The zero-order valence-electron chi connectivity index (χ0n) is 17.2. The van der Waals surface area contributed by atoms with E-state index >= 15 is 4.39 Å². The molecule has 8 heteroatoms. The third kappa shape index (κ3) is 5.25. The van der Waals surface area contributed by atoms with E-state index in [1.807, 2.05) is 38.1 Å². The number of aryl methyl sites for hydroxylation is 2. The van der Waals surface area contributed by atoms with Crippen molar-refractivity contribution in [1.82, 2.24) is 0 Å². The number of halogens is 3. The number of nitriles is 1. The number of nitrogens with one attached hydrogen (secondary N) is 2. The van der Waals surface area contributed by atoms with Gasteiger partial charge in [-0.05, 0) is 49.2 Å². The highest BCUT2D eigenvalue weighted by atomic mass is 35.5. The summed E-state index contributed by atoms with van der Waals surface area (Å²) < 4.78 is 26.1. The molecule has 0 heterocycles. The van der Waals surface area contributed by atoms with Crippen LogP contribution in [0.5, 0.6) is 11.5 Å². The molecule has 0 saturated heterocycles. The molecular formula is C24H18Cl2FN3O2. The van der Waals surface area contributed by atoms with Crippen LogP contribution in [0.1, 0.15) is 27.8 Å². The summed E-state index contributed by atoms with van der Waals surface area (Å²) in [7, 11) is 0. The van der Waals surface area contributed by atoms with Crippen molar-refractivity contribution in [2.45, 2.75) is 20.3 Å². The number of ether oxygens (including phenoxy) is 2. The van der Waals surface area contributed by atoms with Crippen LogP contribution >= 0.6 is 23.2 Å². The fourth-order valence-corrected chi connectivity index (χ4v) is 3.57. The van der Waals surface area contributed by atoms with Gasteiger partial charge in [-0.2, -0.15) is 5.26 Å². The van der Waals surface area contributed by atoms with Gasteiger partial charge in [0.15, 0.2) is 17.5 Å². The van der Waals surface area contributed by atoms with Crippen molar-refractivity contribution in [3.63, 3.8) is 0 Å². The van der Waals surface area contributed by atoms with Gasteiger partial charge >= 0.3 is 0 Å². The first-order valence-electron chi connectivity index (χ1n) is 9.45. The van der Waals surface area contributed by atoms with E-state index in [4.69, 9.17) is 48.8 Å². The molecule has 5 nitrogen and oxygen atoms in total. The number of benzene rings is 3. The van der Waals surface area contributed by atoms with Crippen molar-refractivity contribution in [3.05, 3.63) is 92.2 Å². The van der Waals surface area contributed by atoms with E-state index in [2.05, 4.69) is 0 Å². The largest absolute Gasteiger partial charge is 0.453 e. The summed E-state index contributed by atoms with van der Waals surface area (Å²) in [5.74, 6) is -1.37. The van der Waals surface area contributed by atoms with Gasteiger partial charge in [-0.25, -0.2) is 4.39 Å². The summed E-state index contributed by atoms with van der Waals surface area (Å²) >= 11 is 12.1. The second-order valence-corrected chi connectivity index (χ2v) is 7.88. The molecule has 0 unspecified atom stereocenters. The average Bonchev–Trinajstić information content (AvgIpc) is 2.72.